The summed E-state index contributed by atoms with van der Waals surface area (Å²) in [7, 11) is 0. The first-order chi connectivity index (χ1) is 12.1. The van der Waals surface area contributed by atoms with Crippen molar-refractivity contribution in [3.05, 3.63) is 59.8 Å². The molecule has 0 spiro atoms. The first-order valence-electron chi connectivity index (χ1n) is 8.04. The zero-order valence-corrected chi connectivity index (χ0v) is 14.1. The predicted molar refractivity (Wildman–Crippen MR) is 93.9 cm³/mol. The highest BCUT2D eigenvalue weighted by molar-refractivity contribution is 5.86. The number of amides is 3. The van der Waals surface area contributed by atoms with Crippen LogP contribution < -0.4 is 21.1 Å². The molecule has 0 unspecified atom stereocenters. The molecule has 0 fully saturated rings. The SMILES string of the molecule is CCOc1ncccc1CNC(=O)[C@@H](Cc1ccccc1)NC(N)=O. The van der Waals surface area contributed by atoms with Crippen molar-refractivity contribution in [3.8, 4) is 5.88 Å². The van der Waals surface area contributed by atoms with E-state index in [9.17, 15) is 9.59 Å². The monoisotopic (exact) mass is 342 g/mol. The molecule has 7 heteroatoms. The third-order valence-corrected chi connectivity index (χ3v) is 3.50. The van der Waals surface area contributed by atoms with Crippen molar-refractivity contribution in [1.29, 1.82) is 0 Å². The predicted octanol–water partition coefficient (Wildman–Crippen LogP) is 1.38. The summed E-state index contributed by atoms with van der Waals surface area (Å²) in [5, 5.41) is 5.28. The summed E-state index contributed by atoms with van der Waals surface area (Å²) in [6.07, 6.45) is 1.98. The van der Waals surface area contributed by atoms with Crippen molar-refractivity contribution in [3.63, 3.8) is 0 Å². The van der Waals surface area contributed by atoms with Gasteiger partial charge in [-0.25, -0.2) is 9.78 Å². The lowest BCUT2D eigenvalue weighted by Gasteiger charge is -2.18. The van der Waals surface area contributed by atoms with Crippen LogP contribution in [0.2, 0.25) is 0 Å². The van der Waals surface area contributed by atoms with E-state index in [-0.39, 0.29) is 12.5 Å². The van der Waals surface area contributed by atoms with Gasteiger partial charge in [-0.3, -0.25) is 4.79 Å². The average molecular weight is 342 g/mol. The first kappa shape index (κ1) is 18.3. The standard InChI is InChI=1S/C18H22N4O3/c1-2-25-17-14(9-6-10-20-17)12-21-16(23)15(22-18(19)24)11-13-7-4-3-5-8-13/h3-10,15H,2,11-12H2,1H3,(H,21,23)(H3,19,22,24)/t15-/m1/s1. The molecule has 0 radical (unpaired) electrons. The third-order valence-electron chi connectivity index (χ3n) is 3.50. The van der Waals surface area contributed by atoms with Crippen molar-refractivity contribution in [1.82, 2.24) is 15.6 Å². The van der Waals surface area contributed by atoms with E-state index in [2.05, 4.69) is 15.6 Å². The van der Waals surface area contributed by atoms with Crippen LogP contribution in [-0.4, -0.2) is 29.6 Å². The molecule has 25 heavy (non-hydrogen) atoms. The van der Waals surface area contributed by atoms with Gasteiger partial charge in [0.25, 0.3) is 0 Å². The summed E-state index contributed by atoms with van der Waals surface area (Å²) in [5.74, 6) is 0.154. The first-order valence-corrected chi connectivity index (χ1v) is 8.04. The molecule has 0 saturated heterocycles. The fraction of sp³-hybridized carbons (Fsp3) is 0.278. The lowest BCUT2D eigenvalue weighted by Crippen LogP contribution is -2.49. The van der Waals surface area contributed by atoms with Gasteiger partial charge in [-0.2, -0.15) is 0 Å². The topological polar surface area (TPSA) is 106 Å². The molecule has 132 valence electrons. The van der Waals surface area contributed by atoms with E-state index in [0.29, 0.717) is 18.9 Å². The lowest BCUT2D eigenvalue weighted by atomic mass is 10.1. The summed E-state index contributed by atoms with van der Waals surface area (Å²) >= 11 is 0. The highest BCUT2D eigenvalue weighted by atomic mass is 16.5. The molecular weight excluding hydrogens is 320 g/mol. The number of primary amides is 1. The molecule has 7 nitrogen and oxygen atoms in total. The van der Waals surface area contributed by atoms with Gasteiger partial charge in [0.05, 0.1) is 6.61 Å². The minimum absolute atomic E-state index is 0.244. The molecule has 1 heterocycles. The number of nitrogens with two attached hydrogens (primary N) is 1. The molecule has 2 rings (SSSR count). The van der Waals surface area contributed by atoms with Crippen LogP contribution in [0.4, 0.5) is 4.79 Å². The molecular formula is C18H22N4O3. The van der Waals surface area contributed by atoms with Crippen molar-refractivity contribution < 1.29 is 14.3 Å². The van der Waals surface area contributed by atoms with Crippen LogP contribution in [0.1, 0.15) is 18.1 Å². The smallest absolute Gasteiger partial charge is 0.312 e. The molecule has 0 saturated carbocycles. The Kier molecular flexibility index (Phi) is 6.76. The van der Waals surface area contributed by atoms with E-state index < -0.39 is 12.1 Å². The van der Waals surface area contributed by atoms with Crippen LogP contribution >= 0.6 is 0 Å². The molecule has 4 N–H and O–H groups in total. The normalized spacial score (nSPS) is 11.4. The Hall–Kier alpha value is -3.09. The molecule has 2 aromatic rings. The van der Waals surface area contributed by atoms with Gasteiger partial charge in [-0.05, 0) is 18.6 Å². The molecule has 0 aliphatic carbocycles. The third kappa shape index (κ3) is 5.80. The summed E-state index contributed by atoms with van der Waals surface area (Å²) in [6, 6.07) is 11.5. The number of carbonyl (C=O) groups excluding carboxylic acids is 2. The number of ether oxygens (including phenoxy) is 1. The van der Waals surface area contributed by atoms with Crippen LogP contribution in [0, 0.1) is 0 Å². The fourth-order valence-corrected chi connectivity index (χ4v) is 2.36. The highest BCUT2D eigenvalue weighted by Gasteiger charge is 2.20. The number of aromatic nitrogens is 1. The number of urea groups is 1. The van der Waals surface area contributed by atoms with Gasteiger partial charge in [-0.1, -0.05) is 36.4 Å². The van der Waals surface area contributed by atoms with E-state index in [1.54, 1.807) is 12.3 Å². The quantitative estimate of drug-likeness (QED) is 0.673. The molecule has 3 amide bonds. The Morgan fingerprint density at radius 2 is 1.96 bits per heavy atom. The molecule has 0 aliphatic rings. The lowest BCUT2D eigenvalue weighted by molar-refractivity contribution is -0.123. The highest BCUT2D eigenvalue weighted by Crippen LogP contribution is 2.14. The van der Waals surface area contributed by atoms with E-state index >= 15 is 0 Å². The Morgan fingerprint density at radius 3 is 2.64 bits per heavy atom. The Bertz CT molecular complexity index is 706. The minimum Gasteiger partial charge on any atom is -0.478 e. The van der Waals surface area contributed by atoms with Gasteiger partial charge in [0.1, 0.15) is 6.04 Å². The van der Waals surface area contributed by atoms with Crippen molar-refractivity contribution >= 4 is 11.9 Å². The number of hydrogen-bond donors (Lipinski definition) is 3. The Morgan fingerprint density at radius 1 is 1.20 bits per heavy atom. The second-order valence-corrected chi connectivity index (χ2v) is 5.37. The van der Waals surface area contributed by atoms with Gasteiger partial charge >= 0.3 is 6.03 Å². The van der Waals surface area contributed by atoms with Gasteiger partial charge in [-0.15, -0.1) is 0 Å². The van der Waals surface area contributed by atoms with Gasteiger partial charge in [0.2, 0.25) is 11.8 Å². The van der Waals surface area contributed by atoms with Crippen LogP contribution in [0.25, 0.3) is 0 Å². The Balaban J connectivity index is 2.03. The maximum atomic E-state index is 12.5. The largest absolute Gasteiger partial charge is 0.478 e. The van der Waals surface area contributed by atoms with Crippen LogP contribution in [0.5, 0.6) is 5.88 Å². The van der Waals surface area contributed by atoms with Crippen molar-refractivity contribution in [2.75, 3.05) is 6.61 Å². The number of rotatable bonds is 8. The number of nitrogens with zero attached hydrogens (tertiary/aromatic N) is 1. The minimum atomic E-state index is -0.757. The van der Waals surface area contributed by atoms with E-state index in [0.717, 1.165) is 11.1 Å². The fourth-order valence-electron chi connectivity index (χ4n) is 2.36. The number of hydrogen-bond acceptors (Lipinski definition) is 4. The van der Waals surface area contributed by atoms with E-state index in [1.165, 1.54) is 0 Å². The van der Waals surface area contributed by atoms with E-state index in [4.69, 9.17) is 10.5 Å². The summed E-state index contributed by atoms with van der Waals surface area (Å²) in [5.41, 5.74) is 6.88. The maximum absolute atomic E-state index is 12.5. The number of pyridine rings is 1. The van der Waals surface area contributed by atoms with E-state index in [1.807, 2.05) is 43.3 Å². The van der Waals surface area contributed by atoms with Gasteiger partial charge in [0, 0.05) is 24.7 Å². The second kappa shape index (κ2) is 9.27. The summed E-state index contributed by atoms with van der Waals surface area (Å²) < 4.78 is 5.44. The van der Waals surface area contributed by atoms with Crippen molar-refractivity contribution in [2.24, 2.45) is 5.73 Å². The molecule has 1 aromatic heterocycles. The van der Waals surface area contributed by atoms with Crippen molar-refractivity contribution in [2.45, 2.75) is 25.9 Å². The molecule has 0 bridgehead atoms. The summed E-state index contributed by atoms with van der Waals surface area (Å²) in [4.78, 5) is 27.8. The molecule has 0 aliphatic heterocycles. The van der Waals surface area contributed by atoms with Crippen LogP contribution in [-0.2, 0) is 17.8 Å². The summed E-state index contributed by atoms with van der Waals surface area (Å²) in [6.45, 7) is 2.59. The molecule has 1 aromatic carbocycles. The van der Waals surface area contributed by atoms with Gasteiger partial charge in [0.15, 0.2) is 0 Å². The maximum Gasteiger partial charge on any atom is 0.312 e. The van der Waals surface area contributed by atoms with Crippen LogP contribution in [0.15, 0.2) is 48.7 Å². The number of nitrogens with one attached hydrogen (secondary N) is 2. The number of carbonyl (C=O) groups is 2. The number of benzene rings is 1. The Labute approximate surface area is 146 Å². The molecule has 1 atom stereocenters. The zero-order valence-electron chi connectivity index (χ0n) is 14.1. The average Bonchev–Trinajstić information content (AvgIpc) is 2.61. The van der Waals surface area contributed by atoms with Gasteiger partial charge < -0.3 is 21.1 Å². The second-order valence-electron chi connectivity index (χ2n) is 5.37. The van der Waals surface area contributed by atoms with Crippen LogP contribution in [0.3, 0.4) is 0 Å². The zero-order chi connectivity index (χ0) is 18.1.